The van der Waals surface area contributed by atoms with Crippen molar-refractivity contribution >= 4 is 24.3 Å². The van der Waals surface area contributed by atoms with Crippen molar-refractivity contribution in [1.29, 1.82) is 0 Å². The molecule has 0 spiro atoms. The van der Waals surface area contributed by atoms with E-state index in [1.807, 2.05) is 17.0 Å². The van der Waals surface area contributed by atoms with Crippen LogP contribution in [-0.4, -0.2) is 48.5 Å². The smallest absolute Gasteiger partial charge is 0.339 e. The van der Waals surface area contributed by atoms with Gasteiger partial charge >= 0.3 is 5.97 Å². The normalized spacial score (nSPS) is 23.1. The van der Waals surface area contributed by atoms with E-state index in [0.29, 0.717) is 23.9 Å². The first-order valence-electron chi connectivity index (χ1n) is 9.20. The van der Waals surface area contributed by atoms with Gasteiger partial charge in [0.15, 0.2) is 0 Å². The molecule has 1 aromatic heterocycles. The average molecular weight is 402 g/mol. The zero-order valence-electron chi connectivity index (χ0n) is 15.9. The fourth-order valence-corrected chi connectivity index (χ4v) is 4.40. The minimum Gasteiger partial charge on any atom is -0.465 e. The van der Waals surface area contributed by atoms with Crippen molar-refractivity contribution in [2.75, 3.05) is 26.7 Å². The van der Waals surface area contributed by atoms with E-state index in [1.165, 1.54) is 30.6 Å². The molecule has 148 valence electrons. The molecular weight excluding hydrogens is 378 g/mol. The fourth-order valence-electron chi connectivity index (χ4n) is 4.40. The molecule has 7 heteroatoms. The van der Waals surface area contributed by atoms with Crippen LogP contribution >= 0.6 is 12.4 Å². The highest BCUT2D eigenvalue weighted by atomic mass is 35.5. The number of likely N-dealkylation sites (tertiary alicyclic amines) is 1. The number of nitrogens with one attached hydrogen (secondary N) is 1. The lowest BCUT2D eigenvalue weighted by molar-refractivity contribution is 0.0600. The number of aryl methyl sites for hydroxylation is 1. The Hall–Kier alpha value is -2.44. The van der Waals surface area contributed by atoms with Crippen molar-refractivity contribution in [1.82, 2.24) is 15.2 Å². The second-order valence-corrected chi connectivity index (χ2v) is 7.29. The molecule has 28 heavy (non-hydrogen) atoms. The largest absolute Gasteiger partial charge is 0.465 e. The Bertz CT molecular complexity index is 889. The molecule has 2 fully saturated rings. The molecule has 2 aliphatic rings. The second kappa shape index (κ2) is 8.29. The van der Waals surface area contributed by atoms with Gasteiger partial charge in [-0.15, -0.1) is 12.4 Å². The van der Waals surface area contributed by atoms with E-state index in [0.717, 1.165) is 13.1 Å². The predicted molar refractivity (Wildman–Crippen MR) is 108 cm³/mol. The third-order valence-corrected chi connectivity index (χ3v) is 5.74. The molecule has 3 heterocycles. The van der Waals surface area contributed by atoms with Crippen LogP contribution in [0.2, 0.25) is 0 Å². The Labute approximate surface area is 170 Å². The number of methoxy groups -OCH3 is 1. The number of esters is 1. The topological polar surface area (TPSA) is 71.5 Å². The van der Waals surface area contributed by atoms with E-state index in [9.17, 15) is 9.59 Å². The standard InChI is InChI=1S/C21H23N3O3.ClH/c1-13-5-3-4-6-17(13)19-18-11-23-10-16(18)12-24(19)20(25)14-7-15(9-22-8-14)21(26)27-2;/h3-9,16,18-19,23H,10-12H2,1-2H3;1H/t16-,18-,19+;/m0./s1. The number of hydrogen-bond acceptors (Lipinski definition) is 5. The van der Waals surface area contributed by atoms with Gasteiger partial charge in [-0.05, 0) is 30.0 Å². The van der Waals surface area contributed by atoms with Crippen LogP contribution < -0.4 is 5.32 Å². The van der Waals surface area contributed by atoms with Crippen molar-refractivity contribution in [2.24, 2.45) is 11.8 Å². The number of fused-ring (bicyclic) bond motifs is 1. The minimum absolute atomic E-state index is 0. The van der Waals surface area contributed by atoms with Crippen molar-refractivity contribution in [3.63, 3.8) is 0 Å². The maximum atomic E-state index is 13.3. The molecule has 0 saturated carbocycles. The molecule has 2 aliphatic heterocycles. The van der Waals surface area contributed by atoms with E-state index in [-0.39, 0.29) is 29.9 Å². The first kappa shape index (κ1) is 20.3. The molecule has 1 N–H and O–H groups in total. The summed E-state index contributed by atoms with van der Waals surface area (Å²) in [6.45, 7) is 4.64. The van der Waals surface area contributed by atoms with Gasteiger partial charge < -0.3 is 15.0 Å². The highest BCUT2D eigenvalue weighted by molar-refractivity contribution is 5.97. The quantitative estimate of drug-likeness (QED) is 0.800. The van der Waals surface area contributed by atoms with Gasteiger partial charge in [0, 0.05) is 37.9 Å². The number of benzene rings is 1. The van der Waals surface area contributed by atoms with Crippen LogP contribution in [0.15, 0.2) is 42.7 Å². The molecule has 2 aromatic rings. The van der Waals surface area contributed by atoms with Crippen LogP contribution in [0.25, 0.3) is 0 Å². The summed E-state index contributed by atoms with van der Waals surface area (Å²) in [5.74, 6) is 0.258. The Balaban J connectivity index is 0.00000225. The van der Waals surface area contributed by atoms with E-state index in [2.05, 4.69) is 29.4 Å². The van der Waals surface area contributed by atoms with Crippen LogP contribution in [0.5, 0.6) is 0 Å². The molecule has 0 unspecified atom stereocenters. The number of halogens is 1. The maximum absolute atomic E-state index is 13.3. The number of carbonyl (C=O) groups excluding carboxylic acids is 2. The van der Waals surface area contributed by atoms with Gasteiger partial charge in [-0.2, -0.15) is 0 Å². The highest BCUT2D eigenvalue weighted by Gasteiger charge is 2.47. The molecule has 0 radical (unpaired) electrons. The third kappa shape index (κ3) is 3.50. The minimum atomic E-state index is -0.491. The van der Waals surface area contributed by atoms with Gasteiger partial charge in [-0.1, -0.05) is 24.3 Å². The van der Waals surface area contributed by atoms with E-state index in [4.69, 9.17) is 4.74 Å². The number of hydrogen-bond donors (Lipinski definition) is 1. The molecule has 1 amide bonds. The van der Waals surface area contributed by atoms with Gasteiger partial charge in [0.25, 0.3) is 5.91 Å². The van der Waals surface area contributed by atoms with Gasteiger partial charge in [0.1, 0.15) is 0 Å². The Morgan fingerprint density at radius 3 is 2.68 bits per heavy atom. The molecule has 4 rings (SSSR count). The van der Waals surface area contributed by atoms with E-state index in [1.54, 1.807) is 6.07 Å². The monoisotopic (exact) mass is 401 g/mol. The van der Waals surface area contributed by atoms with E-state index < -0.39 is 5.97 Å². The van der Waals surface area contributed by atoms with Crippen molar-refractivity contribution in [3.05, 3.63) is 65.0 Å². The Morgan fingerprint density at radius 1 is 1.18 bits per heavy atom. The summed E-state index contributed by atoms with van der Waals surface area (Å²) in [6.07, 6.45) is 2.94. The van der Waals surface area contributed by atoms with Crippen LogP contribution in [0.3, 0.4) is 0 Å². The molecule has 1 aromatic carbocycles. The summed E-state index contributed by atoms with van der Waals surface area (Å²) in [5.41, 5.74) is 3.09. The van der Waals surface area contributed by atoms with Gasteiger partial charge in [-0.3, -0.25) is 9.78 Å². The third-order valence-electron chi connectivity index (χ3n) is 5.74. The van der Waals surface area contributed by atoms with Crippen molar-refractivity contribution in [2.45, 2.75) is 13.0 Å². The molecule has 6 nitrogen and oxygen atoms in total. The molecular formula is C21H24ClN3O3. The SMILES string of the molecule is COC(=O)c1cncc(C(=O)N2C[C@@H]3CNC[C@@H]3[C@H]2c2ccccc2C)c1.Cl. The van der Waals surface area contributed by atoms with Gasteiger partial charge in [-0.25, -0.2) is 4.79 Å². The molecule has 0 aliphatic carbocycles. The number of ether oxygens (including phenoxy) is 1. The molecule has 3 atom stereocenters. The average Bonchev–Trinajstić information content (AvgIpc) is 3.28. The van der Waals surface area contributed by atoms with Crippen LogP contribution in [0.1, 0.15) is 37.9 Å². The number of pyridine rings is 1. The number of rotatable bonds is 3. The summed E-state index contributed by atoms with van der Waals surface area (Å²) >= 11 is 0. The Morgan fingerprint density at radius 2 is 1.93 bits per heavy atom. The van der Waals surface area contributed by atoms with Crippen molar-refractivity contribution in [3.8, 4) is 0 Å². The zero-order chi connectivity index (χ0) is 19.0. The zero-order valence-corrected chi connectivity index (χ0v) is 16.7. The second-order valence-electron chi connectivity index (χ2n) is 7.29. The van der Waals surface area contributed by atoms with Gasteiger partial charge in [0.05, 0.1) is 24.3 Å². The van der Waals surface area contributed by atoms with Crippen LogP contribution in [0, 0.1) is 18.8 Å². The summed E-state index contributed by atoms with van der Waals surface area (Å²) in [7, 11) is 1.32. The Kier molecular flexibility index (Phi) is 6.01. The van der Waals surface area contributed by atoms with Gasteiger partial charge in [0.2, 0.25) is 0 Å². The fraction of sp³-hybridized carbons (Fsp3) is 0.381. The lowest BCUT2D eigenvalue weighted by atomic mass is 9.87. The van der Waals surface area contributed by atoms with E-state index >= 15 is 0 Å². The summed E-state index contributed by atoms with van der Waals surface area (Å²) in [4.78, 5) is 31.2. The number of amides is 1. The van der Waals surface area contributed by atoms with Crippen molar-refractivity contribution < 1.29 is 14.3 Å². The van der Waals surface area contributed by atoms with Crippen LogP contribution in [0.4, 0.5) is 0 Å². The molecule has 2 saturated heterocycles. The van der Waals surface area contributed by atoms with Crippen LogP contribution in [-0.2, 0) is 4.74 Å². The highest BCUT2D eigenvalue weighted by Crippen LogP contribution is 2.44. The lowest BCUT2D eigenvalue weighted by Gasteiger charge is -2.29. The summed E-state index contributed by atoms with van der Waals surface area (Å²) in [6, 6.07) is 9.86. The first-order chi connectivity index (χ1) is 13.1. The number of aromatic nitrogens is 1. The lowest BCUT2D eigenvalue weighted by Crippen LogP contribution is -2.35. The first-order valence-corrected chi connectivity index (χ1v) is 9.20. The summed E-state index contributed by atoms with van der Waals surface area (Å²) in [5, 5.41) is 3.46. The summed E-state index contributed by atoms with van der Waals surface area (Å²) < 4.78 is 4.75. The number of carbonyl (C=O) groups is 2. The maximum Gasteiger partial charge on any atom is 0.339 e. The molecule has 0 bridgehead atoms. The predicted octanol–water partition coefficient (Wildman–Crippen LogP) is 2.63. The number of nitrogens with zero attached hydrogens (tertiary/aromatic N) is 2.